The van der Waals surface area contributed by atoms with Crippen molar-refractivity contribution in [2.75, 3.05) is 0 Å². The summed E-state index contributed by atoms with van der Waals surface area (Å²) >= 11 is 3.59. The second kappa shape index (κ2) is 5.87. The van der Waals surface area contributed by atoms with E-state index in [0.29, 0.717) is 12.3 Å². The van der Waals surface area contributed by atoms with Crippen molar-refractivity contribution in [2.45, 2.75) is 46.5 Å². The molecule has 0 amide bonds. The van der Waals surface area contributed by atoms with E-state index in [1.54, 1.807) is 13.8 Å². The van der Waals surface area contributed by atoms with Gasteiger partial charge in [-0.05, 0) is 49.8 Å². The van der Waals surface area contributed by atoms with Crippen LogP contribution in [0.5, 0.6) is 0 Å². The third-order valence-corrected chi connectivity index (χ3v) is 4.12. The lowest BCUT2D eigenvalue weighted by molar-refractivity contribution is -0.146. The van der Waals surface area contributed by atoms with Gasteiger partial charge in [0.2, 0.25) is 0 Å². The molecule has 1 aromatic carbocycles. The fourth-order valence-electron chi connectivity index (χ4n) is 1.89. The average Bonchev–Trinajstić information content (AvgIpc) is 2.27. The molecule has 0 saturated heterocycles. The number of benzene rings is 1. The van der Waals surface area contributed by atoms with Crippen molar-refractivity contribution >= 4 is 21.9 Å². The second-order valence-electron chi connectivity index (χ2n) is 5.53. The summed E-state index contributed by atoms with van der Waals surface area (Å²) in [4.78, 5) is 11.1. The lowest BCUT2D eigenvalue weighted by Gasteiger charge is -2.20. The van der Waals surface area contributed by atoms with Crippen LogP contribution in [0.1, 0.15) is 51.2 Å². The Kier molecular flexibility index (Phi) is 4.97. The van der Waals surface area contributed by atoms with Crippen molar-refractivity contribution in [3.63, 3.8) is 0 Å². The Morgan fingerprint density at radius 3 is 2.50 bits per heavy atom. The van der Waals surface area contributed by atoms with Crippen LogP contribution in [0.25, 0.3) is 0 Å². The van der Waals surface area contributed by atoms with Crippen molar-refractivity contribution in [3.05, 3.63) is 33.8 Å². The first-order valence-corrected chi connectivity index (χ1v) is 7.09. The van der Waals surface area contributed by atoms with E-state index in [-0.39, 0.29) is 0 Å². The van der Waals surface area contributed by atoms with Crippen LogP contribution in [-0.4, -0.2) is 11.1 Å². The lowest BCUT2D eigenvalue weighted by Crippen LogP contribution is -2.26. The van der Waals surface area contributed by atoms with Gasteiger partial charge in [0.1, 0.15) is 0 Å². The SMILES string of the molecule is CCC(C)c1ccc(CC(C)(C)C(=O)O)cc1Br. The summed E-state index contributed by atoms with van der Waals surface area (Å²) in [6.45, 7) is 7.87. The molecule has 100 valence electrons. The molecule has 0 radical (unpaired) electrons. The Labute approximate surface area is 118 Å². The third-order valence-electron chi connectivity index (χ3n) is 3.43. The maximum absolute atomic E-state index is 11.1. The molecule has 3 heteroatoms. The van der Waals surface area contributed by atoms with Gasteiger partial charge in [0, 0.05) is 4.47 Å². The van der Waals surface area contributed by atoms with Gasteiger partial charge in [-0.25, -0.2) is 0 Å². The monoisotopic (exact) mass is 312 g/mol. The Bertz CT molecular complexity index is 438. The molecule has 1 N–H and O–H groups in total. The number of carbonyl (C=O) groups is 1. The number of carboxylic acid groups (broad SMARTS) is 1. The van der Waals surface area contributed by atoms with Crippen molar-refractivity contribution in [2.24, 2.45) is 5.41 Å². The number of hydrogen-bond acceptors (Lipinski definition) is 1. The molecule has 1 unspecified atom stereocenters. The Morgan fingerprint density at radius 1 is 1.44 bits per heavy atom. The van der Waals surface area contributed by atoms with E-state index in [1.165, 1.54) is 5.56 Å². The van der Waals surface area contributed by atoms with Crippen LogP contribution in [0, 0.1) is 5.41 Å². The fourth-order valence-corrected chi connectivity index (χ4v) is 2.70. The standard InChI is InChI=1S/C15H21BrO2/c1-5-10(2)12-7-6-11(8-13(12)16)9-15(3,4)14(17)18/h6-8,10H,5,9H2,1-4H3,(H,17,18). The topological polar surface area (TPSA) is 37.3 Å². The molecule has 0 spiro atoms. The summed E-state index contributed by atoms with van der Waals surface area (Å²) in [7, 11) is 0. The van der Waals surface area contributed by atoms with E-state index in [1.807, 2.05) is 12.1 Å². The zero-order valence-electron chi connectivity index (χ0n) is 11.5. The molecule has 0 aromatic heterocycles. The minimum absolute atomic E-state index is 0.515. The number of rotatable bonds is 5. The van der Waals surface area contributed by atoms with Crippen LogP contribution in [0.4, 0.5) is 0 Å². The summed E-state index contributed by atoms with van der Waals surface area (Å²) in [5.41, 5.74) is 1.62. The molecular formula is C15H21BrO2. The first-order chi connectivity index (χ1) is 8.27. The van der Waals surface area contributed by atoms with Gasteiger partial charge in [0.05, 0.1) is 5.41 Å². The number of halogens is 1. The highest BCUT2D eigenvalue weighted by Crippen LogP contribution is 2.30. The quantitative estimate of drug-likeness (QED) is 0.861. The van der Waals surface area contributed by atoms with Gasteiger partial charge in [0.25, 0.3) is 0 Å². The van der Waals surface area contributed by atoms with E-state index in [0.717, 1.165) is 16.5 Å². The number of aliphatic carboxylic acids is 1. The Morgan fingerprint density at radius 2 is 2.06 bits per heavy atom. The van der Waals surface area contributed by atoms with E-state index < -0.39 is 11.4 Å². The highest BCUT2D eigenvalue weighted by Gasteiger charge is 2.27. The summed E-state index contributed by atoms with van der Waals surface area (Å²) in [5, 5.41) is 9.14. The van der Waals surface area contributed by atoms with E-state index in [9.17, 15) is 4.79 Å². The first-order valence-electron chi connectivity index (χ1n) is 6.29. The van der Waals surface area contributed by atoms with Gasteiger partial charge in [-0.15, -0.1) is 0 Å². The van der Waals surface area contributed by atoms with Crippen LogP contribution >= 0.6 is 15.9 Å². The molecule has 0 bridgehead atoms. The molecule has 18 heavy (non-hydrogen) atoms. The molecule has 1 atom stereocenters. The lowest BCUT2D eigenvalue weighted by atomic mass is 9.85. The highest BCUT2D eigenvalue weighted by molar-refractivity contribution is 9.10. The predicted molar refractivity (Wildman–Crippen MR) is 78.0 cm³/mol. The average molecular weight is 313 g/mol. The van der Waals surface area contributed by atoms with Gasteiger partial charge < -0.3 is 5.11 Å². The van der Waals surface area contributed by atoms with E-state index in [2.05, 4.69) is 35.8 Å². The van der Waals surface area contributed by atoms with Crippen molar-refractivity contribution in [1.29, 1.82) is 0 Å². The molecule has 0 heterocycles. The molecule has 1 rings (SSSR count). The number of carboxylic acids is 1. The molecule has 1 aromatic rings. The van der Waals surface area contributed by atoms with Crippen molar-refractivity contribution in [1.82, 2.24) is 0 Å². The predicted octanol–water partition coefficient (Wildman–Crippen LogP) is 4.62. The summed E-state index contributed by atoms with van der Waals surface area (Å²) in [5.74, 6) is -0.245. The van der Waals surface area contributed by atoms with Gasteiger partial charge in [-0.1, -0.05) is 41.9 Å². The molecule has 0 saturated carbocycles. The van der Waals surface area contributed by atoms with Crippen LogP contribution in [0.3, 0.4) is 0 Å². The zero-order chi connectivity index (χ0) is 13.9. The smallest absolute Gasteiger partial charge is 0.309 e. The Balaban J connectivity index is 2.95. The first kappa shape index (κ1) is 15.2. The largest absolute Gasteiger partial charge is 0.481 e. The molecule has 0 fully saturated rings. The molecular weight excluding hydrogens is 292 g/mol. The van der Waals surface area contributed by atoms with Crippen molar-refractivity contribution < 1.29 is 9.90 Å². The third kappa shape index (κ3) is 3.58. The maximum atomic E-state index is 11.1. The zero-order valence-corrected chi connectivity index (χ0v) is 13.0. The molecule has 2 nitrogen and oxygen atoms in total. The highest BCUT2D eigenvalue weighted by atomic mass is 79.9. The van der Waals surface area contributed by atoms with Gasteiger partial charge in [-0.2, -0.15) is 0 Å². The summed E-state index contributed by atoms with van der Waals surface area (Å²) in [6, 6.07) is 6.19. The molecule has 0 aliphatic heterocycles. The van der Waals surface area contributed by atoms with E-state index >= 15 is 0 Å². The molecule has 0 aliphatic carbocycles. The van der Waals surface area contributed by atoms with Gasteiger partial charge >= 0.3 is 5.97 Å². The van der Waals surface area contributed by atoms with Crippen LogP contribution in [0.15, 0.2) is 22.7 Å². The normalized spacial score (nSPS) is 13.4. The summed E-state index contributed by atoms with van der Waals surface area (Å²) < 4.78 is 1.08. The fraction of sp³-hybridized carbons (Fsp3) is 0.533. The summed E-state index contributed by atoms with van der Waals surface area (Å²) in [6.07, 6.45) is 1.64. The number of hydrogen-bond donors (Lipinski definition) is 1. The van der Waals surface area contributed by atoms with Gasteiger partial charge in [0.15, 0.2) is 0 Å². The van der Waals surface area contributed by atoms with Crippen LogP contribution in [0.2, 0.25) is 0 Å². The van der Waals surface area contributed by atoms with Gasteiger partial charge in [-0.3, -0.25) is 4.79 Å². The minimum Gasteiger partial charge on any atom is -0.481 e. The second-order valence-corrected chi connectivity index (χ2v) is 6.39. The molecule has 0 aliphatic rings. The Hall–Kier alpha value is -0.830. The van der Waals surface area contributed by atoms with Crippen LogP contribution < -0.4 is 0 Å². The minimum atomic E-state index is -0.760. The maximum Gasteiger partial charge on any atom is 0.309 e. The van der Waals surface area contributed by atoms with Crippen molar-refractivity contribution in [3.8, 4) is 0 Å². The van der Waals surface area contributed by atoms with Crippen LogP contribution in [-0.2, 0) is 11.2 Å². The van der Waals surface area contributed by atoms with E-state index in [4.69, 9.17) is 5.11 Å².